The lowest BCUT2D eigenvalue weighted by atomic mass is 10.1. The van der Waals surface area contributed by atoms with E-state index in [-0.39, 0.29) is 22.8 Å². The van der Waals surface area contributed by atoms with E-state index in [1.165, 1.54) is 6.07 Å². The molecule has 0 atom stereocenters. The molecule has 0 aliphatic carbocycles. The van der Waals surface area contributed by atoms with Gasteiger partial charge < -0.3 is 0 Å². The number of hydrogen-bond donors (Lipinski definition) is 0. The lowest BCUT2D eigenvalue weighted by molar-refractivity contribution is -0.114. The molecule has 0 fully saturated rings. The molecule has 1 aromatic carbocycles. The first-order valence-corrected chi connectivity index (χ1v) is 6.21. The number of aromatic nitrogens is 1. The molecule has 0 N–H and O–H groups in total. The quantitative estimate of drug-likeness (QED) is 0.799. The average molecular weight is 291 g/mol. The number of rotatable bonds is 2. The van der Waals surface area contributed by atoms with Crippen molar-refractivity contribution in [2.24, 2.45) is 0 Å². The Hall–Kier alpha value is -2.27. The second-order valence-corrected chi connectivity index (χ2v) is 4.70. The smallest absolute Gasteiger partial charge is 0.296 e. The topological polar surface area (TPSA) is 50.3 Å². The van der Waals surface area contributed by atoms with Crippen molar-refractivity contribution in [1.29, 1.82) is 0 Å². The number of anilines is 1. The van der Waals surface area contributed by atoms with Crippen LogP contribution < -0.4 is 4.90 Å². The van der Waals surface area contributed by atoms with Crippen LogP contribution in [0.1, 0.15) is 16.1 Å². The second-order valence-electron chi connectivity index (χ2n) is 4.29. The Morgan fingerprint density at radius 2 is 2.00 bits per heavy atom. The summed E-state index contributed by atoms with van der Waals surface area (Å²) in [4.78, 5) is 29.0. The van der Waals surface area contributed by atoms with E-state index in [1.54, 1.807) is 24.4 Å². The highest BCUT2D eigenvalue weighted by Gasteiger charge is 2.39. The third-order valence-electron chi connectivity index (χ3n) is 3.06. The summed E-state index contributed by atoms with van der Waals surface area (Å²) in [6, 6.07) is 7.58. The number of hydrogen-bond acceptors (Lipinski definition) is 3. The van der Waals surface area contributed by atoms with Gasteiger partial charge in [0.05, 0.1) is 28.5 Å². The van der Waals surface area contributed by atoms with Gasteiger partial charge in [-0.2, -0.15) is 0 Å². The highest BCUT2D eigenvalue weighted by molar-refractivity contribution is 6.55. The molecule has 0 radical (unpaired) electrons. The molecule has 20 heavy (non-hydrogen) atoms. The number of halogens is 2. The first-order chi connectivity index (χ1) is 9.59. The predicted molar refractivity (Wildman–Crippen MR) is 71.2 cm³/mol. The highest BCUT2D eigenvalue weighted by atomic mass is 35.5. The summed E-state index contributed by atoms with van der Waals surface area (Å²) in [7, 11) is 0. The van der Waals surface area contributed by atoms with Crippen LogP contribution in [0.25, 0.3) is 0 Å². The summed E-state index contributed by atoms with van der Waals surface area (Å²) < 4.78 is 13.9. The zero-order chi connectivity index (χ0) is 14.3. The Kier molecular flexibility index (Phi) is 2.99. The van der Waals surface area contributed by atoms with E-state index in [0.717, 1.165) is 11.0 Å². The van der Waals surface area contributed by atoms with Crippen molar-refractivity contribution in [3.63, 3.8) is 0 Å². The maximum absolute atomic E-state index is 13.9. The molecule has 0 saturated carbocycles. The van der Waals surface area contributed by atoms with Gasteiger partial charge in [0.25, 0.3) is 11.7 Å². The molecule has 2 heterocycles. The average Bonchev–Trinajstić information content (AvgIpc) is 2.70. The molecule has 1 aromatic heterocycles. The maximum atomic E-state index is 13.9. The predicted octanol–water partition coefficient (Wildman–Crippen LogP) is 2.60. The monoisotopic (exact) mass is 290 g/mol. The van der Waals surface area contributed by atoms with Crippen LogP contribution in [0.4, 0.5) is 10.1 Å². The Bertz CT molecular complexity index is 719. The van der Waals surface area contributed by atoms with Crippen molar-refractivity contribution < 1.29 is 14.0 Å². The minimum atomic E-state index is -0.794. The standard InChI is InChI=1S/C14H8ClFN2O2/c15-9-4-5-10(16)12-11(9)13(19)14(20)18(12)7-8-3-1-2-6-17-8/h1-6H,7H2. The number of carbonyl (C=O) groups excluding carboxylic acids is 2. The van der Waals surface area contributed by atoms with E-state index in [1.807, 2.05) is 0 Å². The molecule has 0 spiro atoms. The molecular formula is C14H8ClFN2O2. The van der Waals surface area contributed by atoms with Crippen LogP contribution in [0, 0.1) is 5.82 Å². The summed E-state index contributed by atoms with van der Waals surface area (Å²) in [6.07, 6.45) is 1.56. The number of Topliss-reactive ketones (excluding diaryl/α,β-unsaturated/α-hetero) is 1. The Balaban J connectivity index is 2.09. The molecule has 6 heteroatoms. The second kappa shape index (κ2) is 4.68. The van der Waals surface area contributed by atoms with Crippen molar-refractivity contribution in [3.8, 4) is 0 Å². The first-order valence-electron chi connectivity index (χ1n) is 5.83. The number of amides is 1. The van der Waals surface area contributed by atoms with Crippen molar-refractivity contribution in [2.75, 3.05) is 4.90 Å². The van der Waals surface area contributed by atoms with Crippen molar-refractivity contribution >= 4 is 29.0 Å². The van der Waals surface area contributed by atoms with Gasteiger partial charge >= 0.3 is 0 Å². The summed E-state index contributed by atoms with van der Waals surface area (Å²) in [5.41, 5.74) is 0.409. The van der Waals surface area contributed by atoms with Crippen LogP contribution in [0.15, 0.2) is 36.5 Å². The Morgan fingerprint density at radius 3 is 2.70 bits per heavy atom. The van der Waals surface area contributed by atoms with Gasteiger partial charge in [-0.25, -0.2) is 4.39 Å². The minimum Gasteiger partial charge on any atom is -0.296 e. The fourth-order valence-corrected chi connectivity index (χ4v) is 2.39. The molecule has 0 bridgehead atoms. The lowest BCUT2D eigenvalue weighted by Crippen LogP contribution is -2.29. The van der Waals surface area contributed by atoms with Crippen molar-refractivity contribution in [2.45, 2.75) is 6.54 Å². The summed E-state index contributed by atoms with van der Waals surface area (Å²) in [5.74, 6) is -2.24. The van der Waals surface area contributed by atoms with Crippen molar-refractivity contribution in [3.05, 3.63) is 58.6 Å². The van der Waals surface area contributed by atoms with E-state index < -0.39 is 17.5 Å². The fourth-order valence-electron chi connectivity index (χ4n) is 2.16. The van der Waals surface area contributed by atoms with Crippen LogP contribution >= 0.6 is 11.6 Å². The molecule has 1 aliphatic rings. The van der Waals surface area contributed by atoms with Gasteiger partial charge in [-0.15, -0.1) is 0 Å². The number of ketones is 1. The Labute approximate surface area is 118 Å². The van der Waals surface area contributed by atoms with Gasteiger partial charge in [-0.3, -0.25) is 19.5 Å². The lowest BCUT2D eigenvalue weighted by Gasteiger charge is -2.16. The Morgan fingerprint density at radius 1 is 1.20 bits per heavy atom. The maximum Gasteiger partial charge on any atom is 0.299 e. The van der Waals surface area contributed by atoms with Gasteiger partial charge in [-0.1, -0.05) is 17.7 Å². The van der Waals surface area contributed by atoms with E-state index in [0.29, 0.717) is 5.69 Å². The molecule has 1 amide bonds. The number of carbonyl (C=O) groups is 2. The van der Waals surface area contributed by atoms with Crippen LogP contribution in [0.2, 0.25) is 5.02 Å². The zero-order valence-electron chi connectivity index (χ0n) is 10.1. The fraction of sp³-hybridized carbons (Fsp3) is 0.0714. The molecule has 0 unspecified atom stereocenters. The van der Waals surface area contributed by atoms with Crippen LogP contribution in [0.3, 0.4) is 0 Å². The zero-order valence-corrected chi connectivity index (χ0v) is 10.9. The molecule has 0 saturated heterocycles. The molecule has 4 nitrogen and oxygen atoms in total. The third kappa shape index (κ3) is 1.87. The van der Waals surface area contributed by atoms with Crippen LogP contribution in [-0.2, 0) is 11.3 Å². The number of benzene rings is 1. The van der Waals surface area contributed by atoms with Crippen LogP contribution in [0.5, 0.6) is 0 Å². The molecular weight excluding hydrogens is 283 g/mol. The van der Waals surface area contributed by atoms with E-state index >= 15 is 0 Å². The van der Waals surface area contributed by atoms with Gasteiger partial charge in [-0.05, 0) is 24.3 Å². The first kappa shape index (κ1) is 12.7. The molecule has 100 valence electrons. The van der Waals surface area contributed by atoms with E-state index in [9.17, 15) is 14.0 Å². The normalized spacial score (nSPS) is 13.8. The summed E-state index contributed by atoms with van der Waals surface area (Å²) in [5, 5.41) is 0.0725. The van der Waals surface area contributed by atoms with Gasteiger partial charge in [0.15, 0.2) is 0 Å². The molecule has 2 aromatic rings. The number of nitrogens with zero attached hydrogens (tertiary/aromatic N) is 2. The van der Waals surface area contributed by atoms with Gasteiger partial charge in [0, 0.05) is 6.20 Å². The highest BCUT2D eigenvalue weighted by Crippen LogP contribution is 2.37. The minimum absolute atomic E-state index is 0.0235. The van der Waals surface area contributed by atoms with Crippen LogP contribution in [-0.4, -0.2) is 16.7 Å². The third-order valence-corrected chi connectivity index (χ3v) is 3.38. The van der Waals surface area contributed by atoms with Gasteiger partial charge in [0.1, 0.15) is 5.82 Å². The molecule has 3 rings (SSSR count). The van der Waals surface area contributed by atoms with Crippen molar-refractivity contribution in [1.82, 2.24) is 4.98 Å². The largest absolute Gasteiger partial charge is 0.299 e. The van der Waals surface area contributed by atoms with E-state index in [4.69, 9.17) is 11.6 Å². The van der Waals surface area contributed by atoms with E-state index in [2.05, 4.69) is 4.98 Å². The van der Waals surface area contributed by atoms with Gasteiger partial charge in [0.2, 0.25) is 0 Å². The molecule has 1 aliphatic heterocycles. The SMILES string of the molecule is O=C1C(=O)N(Cc2ccccn2)c2c(F)ccc(Cl)c21. The summed E-state index contributed by atoms with van der Waals surface area (Å²) in [6.45, 7) is 0.0235. The number of fused-ring (bicyclic) bond motifs is 1. The number of pyridine rings is 1. The summed E-state index contributed by atoms with van der Waals surface area (Å²) >= 11 is 5.89.